The number of carboxylic acid groups (broad SMARTS) is 1. The fourth-order valence-corrected chi connectivity index (χ4v) is 1.95. The van der Waals surface area contributed by atoms with Crippen molar-refractivity contribution in [3.8, 4) is 5.75 Å². The molecule has 0 bridgehead atoms. The summed E-state index contributed by atoms with van der Waals surface area (Å²) in [5, 5.41) is 8.91. The van der Waals surface area contributed by atoms with Gasteiger partial charge in [-0.3, -0.25) is 4.90 Å². The predicted molar refractivity (Wildman–Crippen MR) is 78.7 cm³/mol. The van der Waals surface area contributed by atoms with Crippen LogP contribution in [0.3, 0.4) is 0 Å². The lowest BCUT2D eigenvalue weighted by molar-refractivity contribution is 0.0696. The first kappa shape index (κ1) is 15.1. The summed E-state index contributed by atoms with van der Waals surface area (Å²) in [6, 6.07) is 10.4. The Morgan fingerprint density at radius 3 is 2.81 bits per heavy atom. The minimum atomic E-state index is -0.953. The van der Waals surface area contributed by atoms with Crippen molar-refractivity contribution in [1.82, 2.24) is 4.90 Å². The number of aromatic carboxylic acids is 1. The smallest absolute Gasteiger partial charge is 0.335 e. The van der Waals surface area contributed by atoms with Crippen molar-refractivity contribution in [2.75, 3.05) is 20.2 Å². The van der Waals surface area contributed by atoms with Crippen LogP contribution in [0.4, 0.5) is 0 Å². The van der Waals surface area contributed by atoms with Gasteiger partial charge in [0.25, 0.3) is 0 Å². The van der Waals surface area contributed by atoms with E-state index in [2.05, 4.69) is 4.90 Å². The minimum absolute atomic E-state index is 0.229. The summed E-state index contributed by atoms with van der Waals surface area (Å²) in [5.41, 5.74) is 0.229. The van der Waals surface area contributed by atoms with Crippen molar-refractivity contribution in [3.05, 3.63) is 53.5 Å². The fourth-order valence-electron chi connectivity index (χ4n) is 1.95. The van der Waals surface area contributed by atoms with E-state index in [0.717, 1.165) is 18.1 Å². The lowest BCUT2D eigenvalue weighted by Gasteiger charge is -2.15. The molecule has 0 amide bonds. The first-order valence-corrected chi connectivity index (χ1v) is 6.74. The molecule has 112 valence electrons. The van der Waals surface area contributed by atoms with Crippen molar-refractivity contribution in [1.29, 1.82) is 0 Å². The molecule has 1 aromatic heterocycles. The summed E-state index contributed by atoms with van der Waals surface area (Å²) in [6.07, 6.45) is 0. The number of aryl methyl sites for hydroxylation is 1. The Morgan fingerprint density at radius 1 is 1.33 bits per heavy atom. The highest BCUT2D eigenvalue weighted by molar-refractivity contribution is 5.87. The van der Waals surface area contributed by atoms with E-state index in [4.69, 9.17) is 14.3 Å². The monoisotopic (exact) mass is 289 g/mol. The number of carboxylic acids is 1. The largest absolute Gasteiger partial charge is 0.492 e. The topological polar surface area (TPSA) is 62.9 Å². The van der Waals surface area contributed by atoms with Crippen LogP contribution in [-0.2, 0) is 6.54 Å². The SMILES string of the molecule is Cc1ccc(CN(C)CCOc2cccc(C(=O)O)c2)o1. The van der Waals surface area contributed by atoms with Crippen molar-refractivity contribution < 1.29 is 19.1 Å². The third-order valence-corrected chi connectivity index (χ3v) is 3.04. The molecule has 0 radical (unpaired) electrons. The molecular formula is C16H19NO4. The van der Waals surface area contributed by atoms with Gasteiger partial charge in [-0.05, 0) is 44.3 Å². The van der Waals surface area contributed by atoms with Gasteiger partial charge in [0.1, 0.15) is 23.9 Å². The molecule has 1 heterocycles. The number of nitrogens with zero attached hydrogens (tertiary/aromatic N) is 1. The van der Waals surface area contributed by atoms with Gasteiger partial charge in [0.15, 0.2) is 0 Å². The van der Waals surface area contributed by atoms with Crippen molar-refractivity contribution in [2.45, 2.75) is 13.5 Å². The molecule has 0 aliphatic heterocycles. The molecule has 0 aliphatic rings. The number of ether oxygens (including phenoxy) is 1. The quantitative estimate of drug-likeness (QED) is 0.849. The van der Waals surface area contributed by atoms with Crippen LogP contribution >= 0.6 is 0 Å². The molecule has 2 rings (SSSR count). The van der Waals surface area contributed by atoms with Gasteiger partial charge in [-0.25, -0.2) is 4.79 Å². The van der Waals surface area contributed by atoms with E-state index in [1.54, 1.807) is 18.2 Å². The second-order valence-electron chi connectivity index (χ2n) is 4.93. The van der Waals surface area contributed by atoms with Gasteiger partial charge in [0.2, 0.25) is 0 Å². The highest BCUT2D eigenvalue weighted by Gasteiger charge is 2.06. The van der Waals surface area contributed by atoms with Crippen LogP contribution < -0.4 is 4.74 Å². The molecule has 0 fully saturated rings. The van der Waals surface area contributed by atoms with Crippen LogP contribution in [-0.4, -0.2) is 36.2 Å². The molecular weight excluding hydrogens is 270 g/mol. The van der Waals surface area contributed by atoms with Crippen LogP contribution in [0.5, 0.6) is 5.75 Å². The zero-order valence-electron chi connectivity index (χ0n) is 12.2. The Bertz CT molecular complexity index is 606. The van der Waals surface area contributed by atoms with E-state index in [1.807, 2.05) is 26.1 Å². The Hall–Kier alpha value is -2.27. The normalized spacial score (nSPS) is 10.8. The van der Waals surface area contributed by atoms with Gasteiger partial charge in [-0.2, -0.15) is 0 Å². The summed E-state index contributed by atoms with van der Waals surface area (Å²) in [4.78, 5) is 12.9. The van der Waals surface area contributed by atoms with Gasteiger partial charge in [0, 0.05) is 6.54 Å². The Morgan fingerprint density at radius 2 is 2.14 bits per heavy atom. The number of furan rings is 1. The number of hydrogen-bond donors (Lipinski definition) is 1. The summed E-state index contributed by atoms with van der Waals surface area (Å²) >= 11 is 0. The molecule has 1 aromatic carbocycles. The predicted octanol–water partition coefficient (Wildman–Crippen LogP) is 2.80. The van der Waals surface area contributed by atoms with Gasteiger partial charge in [0.05, 0.1) is 12.1 Å². The van der Waals surface area contributed by atoms with Gasteiger partial charge >= 0.3 is 5.97 Å². The summed E-state index contributed by atoms with van der Waals surface area (Å²) in [6.45, 7) is 3.84. The average Bonchev–Trinajstić information content (AvgIpc) is 2.84. The van der Waals surface area contributed by atoms with E-state index in [-0.39, 0.29) is 5.56 Å². The molecule has 0 unspecified atom stereocenters. The molecule has 0 atom stereocenters. The minimum Gasteiger partial charge on any atom is -0.492 e. The number of rotatable bonds is 7. The van der Waals surface area contributed by atoms with Crippen LogP contribution in [0.25, 0.3) is 0 Å². The Balaban J connectivity index is 1.78. The van der Waals surface area contributed by atoms with Crippen molar-refractivity contribution in [3.63, 3.8) is 0 Å². The second-order valence-corrected chi connectivity index (χ2v) is 4.93. The first-order chi connectivity index (χ1) is 10.0. The van der Waals surface area contributed by atoms with E-state index in [9.17, 15) is 4.79 Å². The molecule has 0 saturated heterocycles. The maximum atomic E-state index is 10.9. The van der Waals surface area contributed by atoms with E-state index in [0.29, 0.717) is 18.9 Å². The first-order valence-electron chi connectivity index (χ1n) is 6.74. The summed E-state index contributed by atoms with van der Waals surface area (Å²) in [7, 11) is 1.98. The Kier molecular flexibility index (Phi) is 5.00. The molecule has 21 heavy (non-hydrogen) atoms. The second kappa shape index (κ2) is 6.95. The number of carbonyl (C=O) groups is 1. The summed E-state index contributed by atoms with van der Waals surface area (Å²) < 4.78 is 11.1. The molecule has 0 spiro atoms. The van der Waals surface area contributed by atoms with E-state index >= 15 is 0 Å². The molecule has 1 N–H and O–H groups in total. The maximum Gasteiger partial charge on any atom is 0.335 e. The Labute approximate surface area is 123 Å². The van der Waals surface area contributed by atoms with Crippen LogP contribution in [0, 0.1) is 6.92 Å². The lowest BCUT2D eigenvalue weighted by Crippen LogP contribution is -2.23. The van der Waals surface area contributed by atoms with Gasteiger partial charge in [-0.15, -0.1) is 0 Å². The molecule has 5 nitrogen and oxygen atoms in total. The highest BCUT2D eigenvalue weighted by atomic mass is 16.5. The molecule has 0 aliphatic carbocycles. The number of benzene rings is 1. The molecule has 2 aromatic rings. The van der Waals surface area contributed by atoms with Crippen LogP contribution in [0.15, 0.2) is 40.8 Å². The lowest BCUT2D eigenvalue weighted by atomic mass is 10.2. The third kappa shape index (κ3) is 4.65. The molecule has 5 heteroatoms. The fraction of sp³-hybridized carbons (Fsp3) is 0.312. The van der Waals surface area contributed by atoms with Gasteiger partial charge in [-0.1, -0.05) is 6.07 Å². The van der Waals surface area contributed by atoms with Gasteiger partial charge < -0.3 is 14.3 Å². The number of likely N-dealkylation sites (N-methyl/N-ethyl adjacent to an activating group) is 1. The zero-order valence-corrected chi connectivity index (χ0v) is 12.2. The molecule has 0 saturated carbocycles. The zero-order chi connectivity index (χ0) is 15.2. The van der Waals surface area contributed by atoms with E-state index < -0.39 is 5.97 Å². The maximum absolute atomic E-state index is 10.9. The van der Waals surface area contributed by atoms with E-state index in [1.165, 1.54) is 6.07 Å². The van der Waals surface area contributed by atoms with Crippen LogP contribution in [0.2, 0.25) is 0 Å². The standard InChI is InChI=1S/C16H19NO4/c1-12-6-7-15(21-12)11-17(2)8-9-20-14-5-3-4-13(10-14)16(18)19/h3-7,10H,8-9,11H2,1-2H3,(H,18,19). The highest BCUT2D eigenvalue weighted by Crippen LogP contribution is 2.13. The summed E-state index contributed by atoms with van der Waals surface area (Å²) in [5.74, 6) is 1.44. The van der Waals surface area contributed by atoms with Crippen molar-refractivity contribution >= 4 is 5.97 Å². The number of hydrogen-bond acceptors (Lipinski definition) is 4. The third-order valence-electron chi connectivity index (χ3n) is 3.04. The van der Waals surface area contributed by atoms with Crippen molar-refractivity contribution in [2.24, 2.45) is 0 Å². The van der Waals surface area contributed by atoms with Crippen LogP contribution in [0.1, 0.15) is 21.9 Å². The average molecular weight is 289 g/mol.